The number of Topliss-reactive ketones (excluding diaryl/α,β-unsaturated/α-hetero) is 1. The van der Waals surface area contributed by atoms with Gasteiger partial charge in [-0.15, -0.1) is 0 Å². The Hall–Kier alpha value is -3.98. The van der Waals surface area contributed by atoms with Crippen molar-refractivity contribution in [2.75, 3.05) is 49.5 Å². The fourth-order valence-electron chi connectivity index (χ4n) is 4.20. The van der Waals surface area contributed by atoms with Gasteiger partial charge < -0.3 is 20.4 Å². The number of halogens is 1. The molecule has 2 amide bonds. The summed E-state index contributed by atoms with van der Waals surface area (Å²) >= 11 is 6.06. The predicted molar refractivity (Wildman–Crippen MR) is 149 cm³/mol. The number of carbonyl (C=O) groups excluding carboxylic acids is 3. The maximum Gasteiger partial charge on any atom is 0.230 e. The first-order chi connectivity index (χ1) is 18.3. The number of anilines is 2. The van der Waals surface area contributed by atoms with Crippen molar-refractivity contribution in [1.82, 2.24) is 20.2 Å². The molecule has 1 fully saturated rings. The summed E-state index contributed by atoms with van der Waals surface area (Å²) in [6, 6.07) is 16.5. The molecule has 1 aliphatic rings. The Morgan fingerprint density at radius 2 is 1.68 bits per heavy atom. The first kappa shape index (κ1) is 27.1. The Morgan fingerprint density at radius 3 is 2.37 bits per heavy atom. The van der Waals surface area contributed by atoms with E-state index in [1.807, 2.05) is 43.3 Å². The molecule has 0 aliphatic carbocycles. The summed E-state index contributed by atoms with van der Waals surface area (Å²) in [4.78, 5) is 49.9. The molecule has 0 unspecified atom stereocenters. The second-order valence-corrected chi connectivity index (χ2v) is 9.63. The number of hydrogen-bond acceptors (Lipinski definition) is 7. The van der Waals surface area contributed by atoms with Crippen molar-refractivity contribution in [1.29, 1.82) is 0 Å². The molecule has 0 bridgehead atoms. The van der Waals surface area contributed by atoms with Crippen LogP contribution in [0.1, 0.15) is 29.3 Å². The van der Waals surface area contributed by atoms with E-state index in [-0.39, 0.29) is 24.0 Å². The van der Waals surface area contributed by atoms with Crippen LogP contribution in [0, 0.1) is 6.92 Å². The average molecular weight is 535 g/mol. The van der Waals surface area contributed by atoms with Crippen molar-refractivity contribution >= 4 is 40.8 Å². The smallest absolute Gasteiger partial charge is 0.230 e. The lowest BCUT2D eigenvalue weighted by molar-refractivity contribution is -0.130. The molecule has 3 aromatic rings. The molecule has 1 aliphatic heterocycles. The van der Waals surface area contributed by atoms with Gasteiger partial charge in [0.15, 0.2) is 11.6 Å². The van der Waals surface area contributed by atoms with Gasteiger partial charge >= 0.3 is 0 Å². The molecule has 2 aromatic carbocycles. The Kier molecular flexibility index (Phi) is 8.91. The Labute approximate surface area is 227 Å². The third kappa shape index (κ3) is 7.29. The lowest BCUT2D eigenvalue weighted by Crippen LogP contribution is -2.49. The van der Waals surface area contributed by atoms with Gasteiger partial charge in [-0.2, -0.15) is 0 Å². The van der Waals surface area contributed by atoms with Crippen molar-refractivity contribution in [3.63, 3.8) is 0 Å². The highest BCUT2D eigenvalue weighted by Gasteiger charge is 2.24. The summed E-state index contributed by atoms with van der Waals surface area (Å²) in [7, 11) is 0. The van der Waals surface area contributed by atoms with Gasteiger partial charge in [0.05, 0.1) is 6.42 Å². The molecule has 4 rings (SSSR count). The lowest BCUT2D eigenvalue weighted by atomic mass is 10.1. The van der Waals surface area contributed by atoms with Crippen LogP contribution in [0.5, 0.6) is 0 Å². The number of nitrogens with one attached hydrogen (secondary N) is 2. The van der Waals surface area contributed by atoms with Crippen LogP contribution in [0.15, 0.2) is 54.6 Å². The molecule has 0 spiro atoms. The van der Waals surface area contributed by atoms with Gasteiger partial charge in [0, 0.05) is 68.4 Å². The summed E-state index contributed by atoms with van der Waals surface area (Å²) in [5, 5.41) is 6.63. The van der Waals surface area contributed by atoms with Crippen LogP contribution in [0.25, 0.3) is 11.4 Å². The minimum Gasteiger partial charge on any atom is -0.368 e. The van der Waals surface area contributed by atoms with E-state index < -0.39 is 0 Å². The van der Waals surface area contributed by atoms with Gasteiger partial charge in [-0.25, -0.2) is 9.97 Å². The highest BCUT2D eigenvalue weighted by Crippen LogP contribution is 2.25. The molecule has 38 heavy (non-hydrogen) atoms. The summed E-state index contributed by atoms with van der Waals surface area (Å²) in [6.45, 7) is 6.51. The van der Waals surface area contributed by atoms with Crippen molar-refractivity contribution in [2.45, 2.75) is 20.3 Å². The topological polar surface area (TPSA) is 108 Å². The van der Waals surface area contributed by atoms with Gasteiger partial charge in [-0.3, -0.25) is 14.4 Å². The zero-order chi connectivity index (χ0) is 27.1. The van der Waals surface area contributed by atoms with Crippen molar-refractivity contribution < 1.29 is 14.4 Å². The number of rotatable bonds is 9. The predicted octanol–water partition coefficient (Wildman–Crippen LogP) is 3.58. The van der Waals surface area contributed by atoms with Gasteiger partial charge in [0.1, 0.15) is 11.6 Å². The second-order valence-electron chi connectivity index (χ2n) is 9.19. The van der Waals surface area contributed by atoms with E-state index in [1.54, 1.807) is 23.1 Å². The molecule has 2 N–H and O–H groups in total. The minimum atomic E-state index is -0.167. The SMILES string of the molecule is CC(=O)NCCNc1cc(N2CCN(C(=O)CC(=O)c3cccc(C)c3)CC2)nc(-c2ccc(Cl)cc2)n1. The van der Waals surface area contributed by atoms with E-state index in [4.69, 9.17) is 16.6 Å². The van der Waals surface area contributed by atoms with Crippen molar-refractivity contribution in [3.05, 3.63) is 70.7 Å². The highest BCUT2D eigenvalue weighted by atomic mass is 35.5. The number of ketones is 1. The van der Waals surface area contributed by atoms with Gasteiger partial charge in [0.2, 0.25) is 11.8 Å². The fraction of sp³-hybridized carbons (Fsp3) is 0.321. The lowest BCUT2D eigenvalue weighted by Gasteiger charge is -2.35. The zero-order valence-electron chi connectivity index (χ0n) is 21.5. The van der Waals surface area contributed by atoms with Crippen LogP contribution >= 0.6 is 11.6 Å². The summed E-state index contributed by atoms with van der Waals surface area (Å²) in [5.41, 5.74) is 2.37. The monoisotopic (exact) mass is 534 g/mol. The highest BCUT2D eigenvalue weighted by molar-refractivity contribution is 6.30. The molecular weight excluding hydrogens is 504 g/mol. The maximum absolute atomic E-state index is 12.8. The summed E-state index contributed by atoms with van der Waals surface area (Å²) < 4.78 is 0. The summed E-state index contributed by atoms with van der Waals surface area (Å²) in [5.74, 6) is 1.48. The number of piperazine rings is 1. The van der Waals surface area contributed by atoms with E-state index >= 15 is 0 Å². The largest absolute Gasteiger partial charge is 0.368 e. The molecular formula is C28H31ClN6O3. The minimum absolute atomic E-state index is 0.0926. The Balaban J connectivity index is 1.43. The molecule has 1 saturated heterocycles. The number of aryl methyl sites for hydroxylation is 1. The zero-order valence-corrected chi connectivity index (χ0v) is 22.3. The van der Waals surface area contributed by atoms with Gasteiger partial charge in [-0.05, 0) is 37.3 Å². The van der Waals surface area contributed by atoms with Gasteiger partial charge in [0.25, 0.3) is 0 Å². The molecule has 2 heterocycles. The van der Waals surface area contributed by atoms with E-state index in [9.17, 15) is 14.4 Å². The standard InChI is InChI=1S/C28H31ClN6O3/c1-19-4-3-5-22(16-19)24(37)17-27(38)35-14-12-34(13-15-35)26-18-25(31-11-10-30-20(2)36)32-28(33-26)21-6-8-23(29)9-7-21/h3-9,16,18H,10-15,17H2,1-2H3,(H,30,36)(H,31,32,33). The Bertz CT molecular complexity index is 1310. The molecule has 0 atom stereocenters. The molecule has 10 heteroatoms. The van der Waals surface area contributed by atoms with E-state index in [1.165, 1.54) is 6.92 Å². The van der Waals surface area contributed by atoms with E-state index in [2.05, 4.69) is 20.5 Å². The number of hydrogen-bond donors (Lipinski definition) is 2. The maximum atomic E-state index is 12.8. The molecule has 1 aromatic heterocycles. The van der Waals surface area contributed by atoms with Crippen LogP contribution in [-0.2, 0) is 9.59 Å². The van der Waals surface area contributed by atoms with Crippen LogP contribution in [0.3, 0.4) is 0 Å². The fourth-order valence-corrected chi connectivity index (χ4v) is 4.32. The van der Waals surface area contributed by atoms with Crippen LogP contribution in [0.2, 0.25) is 5.02 Å². The second kappa shape index (κ2) is 12.5. The number of carbonyl (C=O) groups is 3. The summed E-state index contributed by atoms with van der Waals surface area (Å²) in [6.07, 6.45) is -0.139. The van der Waals surface area contributed by atoms with Crippen molar-refractivity contribution in [3.8, 4) is 11.4 Å². The van der Waals surface area contributed by atoms with E-state index in [0.29, 0.717) is 61.5 Å². The van der Waals surface area contributed by atoms with Gasteiger partial charge in [-0.1, -0.05) is 35.4 Å². The third-order valence-corrected chi connectivity index (χ3v) is 6.48. The van der Waals surface area contributed by atoms with Crippen LogP contribution in [-0.4, -0.2) is 71.7 Å². The average Bonchev–Trinajstić information content (AvgIpc) is 2.91. The van der Waals surface area contributed by atoms with Crippen LogP contribution < -0.4 is 15.5 Å². The molecule has 0 radical (unpaired) electrons. The molecule has 9 nitrogen and oxygen atoms in total. The third-order valence-electron chi connectivity index (χ3n) is 6.23. The van der Waals surface area contributed by atoms with Crippen molar-refractivity contribution in [2.24, 2.45) is 0 Å². The number of aromatic nitrogens is 2. The first-order valence-electron chi connectivity index (χ1n) is 12.5. The first-order valence-corrected chi connectivity index (χ1v) is 12.9. The number of nitrogens with zero attached hydrogens (tertiary/aromatic N) is 4. The Morgan fingerprint density at radius 1 is 0.947 bits per heavy atom. The molecule has 0 saturated carbocycles. The number of amides is 2. The quantitative estimate of drug-likeness (QED) is 0.245. The van der Waals surface area contributed by atoms with E-state index in [0.717, 1.165) is 16.9 Å². The molecule has 198 valence electrons. The number of benzene rings is 2. The normalized spacial score (nSPS) is 13.2. The van der Waals surface area contributed by atoms with Crippen LogP contribution in [0.4, 0.5) is 11.6 Å².